The molecule has 0 radical (unpaired) electrons. The summed E-state index contributed by atoms with van der Waals surface area (Å²) < 4.78 is 29.7. The van der Waals surface area contributed by atoms with Crippen molar-refractivity contribution in [1.29, 1.82) is 0 Å². The molecular formula is C18H20FNO4. The third-order valence-corrected chi connectivity index (χ3v) is 3.01. The molecule has 0 atom stereocenters. The number of rotatable bonds is 7. The Morgan fingerprint density at radius 3 is 2.46 bits per heavy atom. The fourth-order valence-corrected chi connectivity index (χ4v) is 2.01. The van der Waals surface area contributed by atoms with Crippen molar-refractivity contribution < 1.29 is 23.4 Å². The molecule has 0 unspecified atom stereocenters. The molecule has 0 saturated carbocycles. The van der Waals surface area contributed by atoms with Gasteiger partial charge in [-0.2, -0.15) is 0 Å². The second kappa shape index (κ2) is 8.19. The quantitative estimate of drug-likeness (QED) is 0.840. The van der Waals surface area contributed by atoms with Crippen molar-refractivity contribution in [3.8, 4) is 17.2 Å². The van der Waals surface area contributed by atoms with E-state index < -0.39 is 11.7 Å². The Kier molecular flexibility index (Phi) is 6.01. The molecule has 1 N–H and O–H groups in total. The highest BCUT2D eigenvalue weighted by molar-refractivity contribution is 5.92. The summed E-state index contributed by atoms with van der Waals surface area (Å²) in [6.45, 7) is 3.40. The standard InChI is InChI=1S/C18H20FNO4/c1-12(2)24-15-9-8-13(10-14(15)19)20-18(21)11-23-17-7-5-4-6-16(17)22-3/h4-10,12H,11H2,1-3H3,(H,20,21). The third kappa shape index (κ3) is 4.87. The Morgan fingerprint density at radius 1 is 1.12 bits per heavy atom. The summed E-state index contributed by atoms with van der Waals surface area (Å²) in [4.78, 5) is 11.9. The highest BCUT2D eigenvalue weighted by Gasteiger charge is 2.10. The summed E-state index contributed by atoms with van der Waals surface area (Å²) in [6, 6.07) is 11.3. The lowest BCUT2D eigenvalue weighted by Crippen LogP contribution is -2.20. The zero-order valence-electron chi connectivity index (χ0n) is 13.8. The van der Waals surface area contributed by atoms with E-state index in [1.165, 1.54) is 19.2 Å². The van der Waals surface area contributed by atoms with Crippen LogP contribution in [0.4, 0.5) is 10.1 Å². The molecule has 0 aliphatic carbocycles. The smallest absolute Gasteiger partial charge is 0.262 e. The van der Waals surface area contributed by atoms with Gasteiger partial charge in [0.15, 0.2) is 29.7 Å². The molecule has 0 aromatic heterocycles. The van der Waals surface area contributed by atoms with Gasteiger partial charge in [-0.05, 0) is 38.1 Å². The van der Waals surface area contributed by atoms with Gasteiger partial charge in [0.05, 0.1) is 13.2 Å². The maximum absolute atomic E-state index is 13.9. The van der Waals surface area contributed by atoms with Gasteiger partial charge in [0.2, 0.25) is 0 Å². The van der Waals surface area contributed by atoms with Crippen LogP contribution < -0.4 is 19.5 Å². The number of anilines is 1. The predicted molar refractivity (Wildman–Crippen MR) is 89.3 cm³/mol. The molecule has 0 heterocycles. The molecule has 2 aromatic carbocycles. The highest BCUT2D eigenvalue weighted by atomic mass is 19.1. The zero-order valence-corrected chi connectivity index (χ0v) is 13.8. The van der Waals surface area contributed by atoms with Crippen LogP contribution in [0.2, 0.25) is 0 Å². The van der Waals surface area contributed by atoms with E-state index in [1.54, 1.807) is 30.3 Å². The molecule has 0 aliphatic heterocycles. The Hall–Kier alpha value is -2.76. The molecule has 1 amide bonds. The van der Waals surface area contributed by atoms with Crippen LogP contribution in [0.25, 0.3) is 0 Å². The second-order valence-corrected chi connectivity index (χ2v) is 5.30. The normalized spacial score (nSPS) is 10.4. The number of hydrogen-bond donors (Lipinski definition) is 1. The first-order valence-electron chi connectivity index (χ1n) is 7.51. The van der Waals surface area contributed by atoms with Crippen molar-refractivity contribution in [2.75, 3.05) is 19.0 Å². The Morgan fingerprint density at radius 2 is 1.83 bits per heavy atom. The Balaban J connectivity index is 1.94. The van der Waals surface area contributed by atoms with Crippen LogP contribution in [-0.2, 0) is 4.79 Å². The topological polar surface area (TPSA) is 56.8 Å². The largest absolute Gasteiger partial charge is 0.493 e. The van der Waals surface area contributed by atoms with E-state index in [9.17, 15) is 9.18 Å². The van der Waals surface area contributed by atoms with Crippen LogP contribution in [0.5, 0.6) is 17.2 Å². The number of carbonyl (C=O) groups excluding carboxylic acids is 1. The van der Waals surface area contributed by atoms with Crippen LogP contribution >= 0.6 is 0 Å². The third-order valence-electron chi connectivity index (χ3n) is 3.01. The highest BCUT2D eigenvalue weighted by Crippen LogP contribution is 2.26. The molecule has 5 nitrogen and oxygen atoms in total. The molecule has 0 aliphatic rings. The van der Waals surface area contributed by atoms with Crippen molar-refractivity contribution in [3.63, 3.8) is 0 Å². The SMILES string of the molecule is COc1ccccc1OCC(=O)Nc1ccc(OC(C)C)c(F)c1. The maximum atomic E-state index is 13.9. The summed E-state index contributed by atoms with van der Waals surface area (Å²) in [5.74, 6) is 0.201. The number of benzene rings is 2. The van der Waals surface area contributed by atoms with Crippen LogP contribution in [-0.4, -0.2) is 25.7 Å². The van der Waals surface area contributed by atoms with Crippen LogP contribution in [0.1, 0.15) is 13.8 Å². The van der Waals surface area contributed by atoms with E-state index in [-0.39, 0.29) is 18.5 Å². The first-order chi connectivity index (χ1) is 11.5. The molecule has 0 spiro atoms. The fourth-order valence-electron chi connectivity index (χ4n) is 2.01. The number of amides is 1. The Labute approximate surface area is 140 Å². The lowest BCUT2D eigenvalue weighted by Gasteiger charge is -2.13. The van der Waals surface area contributed by atoms with Crippen molar-refractivity contribution in [2.24, 2.45) is 0 Å². The summed E-state index contributed by atoms with van der Waals surface area (Å²) in [7, 11) is 1.52. The van der Waals surface area contributed by atoms with E-state index in [2.05, 4.69) is 5.32 Å². The van der Waals surface area contributed by atoms with E-state index in [0.29, 0.717) is 17.2 Å². The number of carbonyl (C=O) groups is 1. The summed E-state index contributed by atoms with van der Waals surface area (Å²) in [5.41, 5.74) is 0.331. The average Bonchev–Trinajstić information content (AvgIpc) is 2.55. The van der Waals surface area contributed by atoms with Gasteiger partial charge in [-0.3, -0.25) is 4.79 Å². The minimum Gasteiger partial charge on any atom is -0.493 e. The molecule has 2 rings (SSSR count). The molecule has 24 heavy (non-hydrogen) atoms. The Bertz CT molecular complexity index is 703. The van der Waals surface area contributed by atoms with Crippen molar-refractivity contribution >= 4 is 11.6 Å². The van der Waals surface area contributed by atoms with Gasteiger partial charge in [-0.1, -0.05) is 12.1 Å². The van der Waals surface area contributed by atoms with E-state index in [4.69, 9.17) is 14.2 Å². The van der Waals surface area contributed by atoms with Crippen LogP contribution in [0.3, 0.4) is 0 Å². The van der Waals surface area contributed by atoms with Gasteiger partial charge < -0.3 is 19.5 Å². The lowest BCUT2D eigenvalue weighted by atomic mass is 10.3. The molecule has 2 aromatic rings. The van der Waals surface area contributed by atoms with Gasteiger partial charge in [-0.15, -0.1) is 0 Å². The van der Waals surface area contributed by atoms with E-state index in [0.717, 1.165) is 0 Å². The average molecular weight is 333 g/mol. The summed E-state index contributed by atoms with van der Waals surface area (Å²) in [6.07, 6.45) is -0.130. The number of ether oxygens (including phenoxy) is 3. The summed E-state index contributed by atoms with van der Waals surface area (Å²) in [5, 5.41) is 2.57. The van der Waals surface area contributed by atoms with Crippen LogP contribution in [0, 0.1) is 5.82 Å². The van der Waals surface area contributed by atoms with Gasteiger partial charge in [0.25, 0.3) is 5.91 Å². The van der Waals surface area contributed by atoms with Gasteiger partial charge >= 0.3 is 0 Å². The fraction of sp³-hybridized carbons (Fsp3) is 0.278. The van der Waals surface area contributed by atoms with Gasteiger partial charge in [0.1, 0.15) is 0 Å². The minimum atomic E-state index is -0.535. The molecule has 6 heteroatoms. The second-order valence-electron chi connectivity index (χ2n) is 5.30. The summed E-state index contributed by atoms with van der Waals surface area (Å²) >= 11 is 0. The first kappa shape index (κ1) is 17.6. The first-order valence-corrected chi connectivity index (χ1v) is 7.51. The number of nitrogens with one attached hydrogen (secondary N) is 1. The van der Waals surface area contributed by atoms with Crippen LogP contribution in [0.15, 0.2) is 42.5 Å². The van der Waals surface area contributed by atoms with Crippen molar-refractivity contribution in [3.05, 3.63) is 48.3 Å². The molecular weight excluding hydrogens is 313 g/mol. The molecule has 0 bridgehead atoms. The molecule has 0 saturated heterocycles. The van der Waals surface area contributed by atoms with E-state index >= 15 is 0 Å². The minimum absolute atomic E-state index is 0.130. The van der Waals surface area contributed by atoms with Gasteiger partial charge in [0, 0.05) is 11.8 Å². The predicted octanol–water partition coefficient (Wildman–Crippen LogP) is 3.64. The monoisotopic (exact) mass is 333 g/mol. The van der Waals surface area contributed by atoms with Gasteiger partial charge in [-0.25, -0.2) is 4.39 Å². The zero-order chi connectivity index (χ0) is 17.5. The maximum Gasteiger partial charge on any atom is 0.262 e. The molecule has 128 valence electrons. The number of hydrogen-bond acceptors (Lipinski definition) is 4. The number of methoxy groups -OCH3 is 1. The number of halogens is 1. The van der Waals surface area contributed by atoms with Crippen molar-refractivity contribution in [2.45, 2.75) is 20.0 Å². The van der Waals surface area contributed by atoms with Crippen molar-refractivity contribution in [1.82, 2.24) is 0 Å². The van der Waals surface area contributed by atoms with E-state index in [1.807, 2.05) is 13.8 Å². The molecule has 0 fully saturated rings. The number of para-hydroxylation sites is 2. The lowest BCUT2D eigenvalue weighted by molar-refractivity contribution is -0.118.